The quantitative estimate of drug-likeness (QED) is 0.798. The molecule has 0 N–H and O–H groups in total. The summed E-state index contributed by atoms with van der Waals surface area (Å²) in [5.74, 6) is -0.536. The van der Waals surface area contributed by atoms with Crippen LogP contribution in [0.15, 0.2) is 22.7 Å². The third kappa shape index (κ3) is 2.64. The molecule has 0 aromatic heterocycles. The molecule has 1 aliphatic rings. The minimum absolute atomic E-state index is 0.288. The second kappa shape index (κ2) is 5.39. The van der Waals surface area contributed by atoms with Gasteiger partial charge < -0.3 is 14.2 Å². The minimum atomic E-state index is -0.810. The van der Waals surface area contributed by atoms with E-state index >= 15 is 0 Å². The lowest BCUT2D eigenvalue weighted by atomic mass is 10.2. The fourth-order valence-corrected chi connectivity index (χ4v) is 1.97. The van der Waals surface area contributed by atoms with Crippen molar-refractivity contribution in [3.05, 3.63) is 28.2 Å². The molecule has 1 saturated heterocycles. The van der Waals surface area contributed by atoms with Crippen molar-refractivity contribution < 1.29 is 23.8 Å². The Bertz CT molecular complexity index is 485. The standard InChI is InChI=1S/C12H11BrO5/c1-16-7-2-3-9(13)8(6-7)11(14)18-10-4-5-17-12(10)15/h2-3,6,10H,4-5H2,1H3/t10-/m0/s1. The summed E-state index contributed by atoms with van der Waals surface area (Å²) in [5, 5.41) is 0. The lowest BCUT2D eigenvalue weighted by Gasteiger charge is -2.10. The summed E-state index contributed by atoms with van der Waals surface area (Å²) in [4.78, 5) is 23.1. The second-order valence-corrected chi connectivity index (χ2v) is 4.55. The summed E-state index contributed by atoms with van der Waals surface area (Å²) in [6, 6.07) is 4.94. The fraction of sp³-hybridized carbons (Fsp3) is 0.333. The molecule has 0 aliphatic carbocycles. The predicted octanol–water partition coefficient (Wildman–Crippen LogP) is 1.93. The predicted molar refractivity (Wildman–Crippen MR) is 65.5 cm³/mol. The zero-order chi connectivity index (χ0) is 13.1. The van der Waals surface area contributed by atoms with Crippen LogP contribution in [0.25, 0.3) is 0 Å². The SMILES string of the molecule is COc1ccc(Br)c(C(=O)O[C@H]2CCOC2=O)c1. The Balaban J connectivity index is 2.15. The molecule has 0 bridgehead atoms. The summed E-state index contributed by atoms with van der Waals surface area (Å²) in [5.41, 5.74) is 0.314. The average molecular weight is 315 g/mol. The van der Waals surface area contributed by atoms with Crippen LogP contribution < -0.4 is 4.74 Å². The largest absolute Gasteiger partial charge is 0.497 e. The molecule has 0 saturated carbocycles. The maximum atomic E-state index is 11.9. The molecule has 5 nitrogen and oxygen atoms in total. The normalized spacial score (nSPS) is 18.3. The molecule has 0 amide bonds. The van der Waals surface area contributed by atoms with Gasteiger partial charge in [0.05, 0.1) is 19.3 Å². The van der Waals surface area contributed by atoms with Gasteiger partial charge in [0.15, 0.2) is 0 Å². The van der Waals surface area contributed by atoms with Gasteiger partial charge in [-0.3, -0.25) is 0 Å². The highest BCUT2D eigenvalue weighted by Gasteiger charge is 2.31. The molecule has 96 valence electrons. The average Bonchev–Trinajstić information content (AvgIpc) is 2.75. The Morgan fingerprint density at radius 2 is 2.28 bits per heavy atom. The van der Waals surface area contributed by atoms with Crippen molar-refractivity contribution in [2.24, 2.45) is 0 Å². The molecule has 1 heterocycles. The number of halogens is 1. The van der Waals surface area contributed by atoms with E-state index in [1.54, 1.807) is 18.2 Å². The molecule has 0 unspecified atom stereocenters. The van der Waals surface area contributed by atoms with Crippen LogP contribution in [0.3, 0.4) is 0 Å². The molecule has 6 heteroatoms. The van der Waals surface area contributed by atoms with Crippen molar-refractivity contribution in [2.75, 3.05) is 13.7 Å². The minimum Gasteiger partial charge on any atom is -0.497 e. The molecule has 0 radical (unpaired) electrons. The van der Waals surface area contributed by atoms with Gasteiger partial charge in [-0.2, -0.15) is 0 Å². The van der Waals surface area contributed by atoms with Crippen molar-refractivity contribution in [1.82, 2.24) is 0 Å². The van der Waals surface area contributed by atoms with Gasteiger partial charge in [0, 0.05) is 10.9 Å². The van der Waals surface area contributed by atoms with Gasteiger partial charge in [0.25, 0.3) is 0 Å². The molecule has 2 rings (SSSR count). The first-order chi connectivity index (χ1) is 8.61. The first-order valence-electron chi connectivity index (χ1n) is 5.33. The van der Waals surface area contributed by atoms with Gasteiger partial charge in [-0.1, -0.05) is 0 Å². The Morgan fingerprint density at radius 3 is 2.89 bits per heavy atom. The molecule has 1 aromatic carbocycles. The summed E-state index contributed by atoms with van der Waals surface area (Å²) < 4.78 is 15.4. The zero-order valence-electron chi connectivity index (χ0n) is 9.64. The Labute approximate surface area is 112 Å². The molecule has 1 atom stereocenters. The maximum Gasteiger partial charge on any atom is 0.347 e. The highest BCUT2D eigenvalue weighted by molar-refractivity contribution is 9.10. The third-order valence-electron chi connectivity index (χ3n) is 2.53. The van der Waals surface area contributed by atoms with Crippen LogP contribution in [0.4, 0.5) is 0 Å². The number of cyclic esters (lactones) is 1. The highest BCUT2D eigenvalue weighted by atomic mass is 79.9. The number of carbonyl (C=O) groups is 2. The van der Waals surface area contributed by atoms with E-state index in [0.29, 0.717) is 22.2 Å². The number of hydrogen-bond donors (Lipinski definition) is 0. The summed E-state index contributed by atoms with van der Waals surface area (Å²) in [6.07, 6.45) is -0.415. The number of ether oxygens (including phenoxy) is 3. The van der Waals surface area contributed by atoms with Crippen LogP contribution in [0, 0.1) is 0 Å². The van der Waals surface area contributed by atoms with Gasteiger partial charge in [0.1, 0.15) is 5.75 Å². The van der Waals surface area contributed by atoms with Crippen molar-refractivity contribution >= 4 is 27.9 Å². The molecule has 18 heavy (non-hydrogen) atoms. The number of carbonyl (C=O) groups excluding carboxylic acids is 2. The van der Waals surface area contributed by atoms with Crippen molar-refractivity contribution in [3.8, 4) is 5.75 Å². The fourth-order valence-electron chi connectivity index (χ4n) is 1.56. The lowest BCUT2D eigenvalue weighted by molar-refractivity contribution is -0.145. The van der Waals surface area contributed by atoms with E-state index in [1.165, 1.54) is 7.11 Å². The van der Waals surface area contributed by atoms with E-state index in [4.69, 9.17) is 14.2 Å². The zero-order valence-corrected chi connectivity index (χ0v) is 11.2. The van der Waals surface area contributed by atoms with Crippen LogP contribution >= 0.6 is 15.9 Å². The Hall–Kier alpha value is -1.56. The summed E-state index contributed by atoms with van der Waals surface area (Å²) in [7, 11) is 1.51. The van der Waals surface area contributed by atoms with Gasteiger partial charge in [-0.25, -0.2) is 9.59 Å². The molecular formula is C12H11BrO5. The van der Waals surface area contributed by atoms with Crippen LogP contribution in [-0.4, -0.2) is 31.8 Å². The molecule has 0 spiro atoms. The van der Waals surface area contributed by atoms with Crippen molar-refractivity contribution in [3.63, 3.8) is 0 Å². The van der Waals surface area contributed by atoms with E-state index in [0.717, 1.165) is 0 Å². The smallest absolute Gasteiger partial charge is 0.347 e. The second-order valence-electron chi connectivity index (χ2n) is 3.70. The number of methoxy groups -OCH3 is 1. The number of rotatable bonds is 3. The summed E-state index contributed by atoms with van der Waals surface area (Å²) in [6.45, 7) is 0.288. The Morgan fingerprint density at radius 1 is 1.50 bits per heavy atom. The Kier molecular flexibility index (Phi) is 3.86. The molecule has 1 aliphatic heterocycles. The number of hydrogen-bond acceptors (Lipinski definition) is 5. The first-order valence-corrected chi connectivity index (χ1v) is 6.12. The highest BCUT2D eigenvalue weighted by Crippen LogP contribution is 2.24. The van der Waals surface area contributed by atoms with Crippen LogP contribution in [-0.2, 0) is 14.3 Å². The van der Waals surface area contributed by atoms with Gasteiger partial charge >= 0.3 is 11.9 Å². The monoisotopic (exact) mass is 314 g/mol. The van der Waals surface area contributed by atoms with Crippen LogP contribution in [0.5, 0.6) is 5.75 Å². The number of esters is 2. The van der Waals surface area contributed by atoms with E-state index in [9.17, 15) is 9.59 Å². The number of benzene rings is 1. The van der Waals surface area contributed by atoms with Gasteiger partial charge in [-0.05, 0) is 34.1 Å². The molecule has 1 aromatic rings. The van der Waals surface area contributed by atoms with Crippen molar-refractivity contribution in [2.45, 2.75) is 12.5 Å². The van der Waals surface area contributed by atoms with E-state index in [2.05, 4.69) is 15.9 Å². The van der Waals surface area contributed by atoms with Crippen LogP contribution in [0.1, 0.15) is 16.8 Å². The third-order valence-corrected chi connectivity index (χ3v) is 3.22. The lowest BCUT2D eigenvalue weighted by Crippen LogP contribution is -2.22. The van der Waals surface area contributed by atoms with Gasteiger partial charge in [-0.15, -0.1) is 0 Å². The topological polar surface area (TPSA) is 61.8 Å². The van der Waals surface area contributed by atoms with Crippen molar-refractivity contribution in [1.29, 1.82) is 0 Å². The summed E-state index contributed by atoms with van der Waals surface area (Å²) >= 11 is 3.25. The van der Waals surface area contributed by atoms with Gasteiger partial charge in [0.2, 0.25) is 6.10 Å². The molecule has 1 fully saturated rings. The first kappa shape index (κ1) is 12.9. The van der Waals surface area contributed by atoms with Crippen LogP contribution in [0.2, 0.25) is 0 Å². The maximum absolute atomic E-state index is 11.9. The van der Waals surface area contributed by atoms with E-state index in [-0.39, 0.29) is 6.61 Å². The van der Waals surface area contributed by atoms with E-state index < -0.39 is 18.0 Å². The molecular weight excluding hydrogens is 304 g/mol. The van der Waals surface area contributed by atoms with E-state index in [1.807, 2.05) is 0 Å².